The van der Waals surface area contributed by atoms with E-state index in [1.165, 1.54) is 0 Å². The molecule has 3 N–H and O–H groups in total. The highest BCUT2D eigenvalue weighted by atomic mass is 16.2. The molecule has 1 saturated carbocycles. The number of amides is 2. The molecular weight excluding hydrogens is 254 g/mol. The Labute approximate surface area is 121 Å². The molecule has 0 aromatic carbocycles. The number of likely N-dealkylation sites (tertiary alicyclic amines) is 1. The van der Waals surface area contributed by atoms with Crippen LogP contribution in [-0.4, -0.2) is 41.9 Å². The third kappa shape index (κ3) is 3.72. The number of hydrogen-bond acceptors (Lipinski definition) is 3. The summed E-state index contributed by atoms with van der Waals surface area (Å²) in [4.78, 5) is 26.4. The van der Waals surface area contributed by atoms with E-state index in [1.54, 1.807) is 6.92 Å². The van der Waals surface area contributed by atoms with Gasteiger partial charge in [-0.25, -0.2) is 0 Å². The van der Waals surface area contributed by atoms with Crippen molar-refractivity contribution < 1.29 is 9.59 Å². The molecule has 0 bridgehead atoms. The third-order valence-corrected chi connectivity index (χ3v) is 4.55. The Morgan fingerprint density at radius 2 is 1.75 bits per heavy atom. The Morgan fingerprint density at radius 3 is 2.45 bits per heavy atom. The number of nitrogens with two attached hydrogens (primary N) is 1. The van der Waals surface area contributed by atoms with Crippen LogP contribution in [0, 0.1) is 5.92 Å². The summed E-state index contributed by atoms with van der Waals surface area (Å²) in [6, 6.07) is -0.498. The fourth-order valence-corrected chi connectivity index (χ4v) is 3.26. The average molecular weight is 281 g/mol. The molecule has 1 heterocycles. The lowest BCUT2D eigenvalue weighted by Crippen LogP contribution is -2.50. The summed E-state index contributed by atoms with van der Waals surface area (Å²) in [5.74, 6) is -0.135. The largest absolute Gasteiger partial charge is 0.344 e. The maximum absolute atomic E-state index is 12.3. The molecule has 1 aliphatic carbocycles. The molecule has 0 aromatic heterocycles. The molecular formula is C15H27N3O2. The lowest BCUT2D eigenvalue weighted by Gasteiger charge is -2.25. The van der Waals surface area contributed by atoms with E-state index in [9.17, 15) is 9.59 Å². The predicted molar refractivity (Wildman–Crippen MR) is 78.0 cm³/mol. The van der Waals surface area contributed by atoms with Crippen LogP contribution in [0.3, 0.4) is 0 Å². The Bertz CT molecular complexity index is 353. The predicted octanol–water partition coefficient (Wildman–Crippen LogP) is 1.02. The Hall–Kier alpha value is -1.10. The van der Waals surface area contributed by atoms with Crippen molar-refractivity contribution >= 4 is 11.8 Å². The minimum Gasteiger partial charge on any atom is -0.344 e. The number of hydrogen-bond donors (Lipinski definition) is 2. The van der Waals surface area contributed by atoms with Crippen LogP contribution >= 0.6 is 0 Å². The van der Waals surface area contributed by atoms with E-state index >= 15 is 0 Å². The molecule has 20 heavy (non-hydrogen) atoms. The number of carbonyl (C=O) groups excluding carboxylic acids is 2. The molecule has 5 heteroatoms. The third-order valence-electron chi connectivity index (χ3n) is 4.55. The van der Waals surface area contributed by atoms with Gasteiger partial charge in [-0.05, 0) is 32.6 Å². The lowest BCUT2D eigenvalue weighted by atomic mass is 9.94. The van der Waals surface area contributed by atoms with Crippen LogP contribution in [0.25, 0.3) is 0 Å². The SMILES string of the molecule is CC(NC(=O)C1CCCCCC1N)C(=O)N1CCCC1. The summed E-state index contributed by atoms with van der Waals surface area (Å²) >= 11 is 0. The number of nitrogens with one attached hydrogen (secondary N) is 1. The molecule has 2 fully saturated rings. The average Bonchev–Trinajstić information content (AvgIpc) is 2.87. The van der Waals surface area contributed by atoms with Crippen LogP contribution in [-0.2, 0) is 9.59 Å². The van der Waals surface area contributed by atoms with E-state index in [0.717, 1.165) is 58.0 Å². The molecule has 0 spiro atoms. The van der Waals surface area contributed by atoms with Gasteiger partial charge in [0.15, 0.2) is 0 Å². The standard InChI is InChI=1S/C15H27N3O2/c1-11(15(20)18-9-5-6-10-18)17-14(19)12-7-3-2-4-8-13(12)16/h11-13H,2-10,16H2,1H3,(H,17,19). The topological polar surface area (TPSA) is 75.4 Å². The van der Waals surface area contributed by atoms with Crippen LogP contribution in [0.15, 0.2) is 0 Å². The second-order valence-corrected chi connectivity index (χ2v) is 6.17. The fourth-order valence-electron chi connectivity index (χ4n) is 3.26. The zero-order valence-corrected chi connectivity index (χ0v) is 12.4. The fraction of sp³-hybridized carbons (Fsp3) is 0.867. The maximum Gasteiger partial charge on any atom is 0.244 e. The highest BCUT2D eigenvalue weighted by Crippen LogP contribution is 2.22. The van der Waals surface area contributed by atoms with Crippen molar-refractivity contribution in [3.05, 3.63) is 0 Å². The van der Waals surface area contributed by atoms with E-state index in [1.807, 2.05) is 4.90 Å². The zero-order chi connectivity index (χ0) is 14.5. The number of nitrogens with zero attached hydrogens (tertiary/aromatic N) is 1. The molecule has 114 valence electrons. The molecule has 3 atom stereocenters. The van der Waals surface area contributed by atoms with Crippen LogP contribution in [0.5, 0.6) is 0 Å². The van der Waals surface area contributed by atoms with Gasteiger partial charge in [-0.3, -0.25) is 9.59 Å². The van der Waals surface area contributed by atoms with E-state index in [0.29, 0.717) is 0 Å². The molecule has 2 rings (SSSR count). The van der Waals surface area contributed by atoms with Gasteiger partial charge in [-0.15, -0.1) is 0 Å². The Morgan fingerprint density at radius 1 is 1.10 bits per heavy atom. The minimum atomic E-state index is -0.434. The molecule has 1 saturated heterocycles. The zero-order valence-electron chi connectivity index (χ0n) is 12.4. The second kappa shape index (κ2) is 7.07. The summed E-state index contributed by atoms with van der Waals surface area (Å²) < 4.78 is 0. The first-order chi connectivity index (χ1) is 9.59. The summed E-state index contributed by atoms with van der Waals surface area (Å²) in [5.41, 5.74) is 6.10. The minimum absolute atomic E-state index is 0.0399. The highest BCUT2D eigenvalue weighted by molar-refractivity contribution is 5.88. The van der Waals surface area contributed by atoms with Gasteiger partial charge >= 0.3 is 0 Å². The van der Waals surface area contributed by atoms with Crippen molar-refractivity contribution in [3.8, 4) is 0 Å². The number of rotatable bonds is 3. The van der Waals surface area contributed by atoms with Gasteiger partial charge < -0.3 is 16.0 Å². The van der Waals surface area contributed by atoms with Crippen molar-refractivity contribution in [3.63, 3.8) is 0 Å². The van der Waals surface area contributed by atoms with Crippen molar-refractivity contribution in [2.45, 2.75) is 64.0 Å². The van der Waals surface area contributed by atoms with Crippen LogP contribution in [0.4, 0.5) is 0 Å². The van der Waals surface area contributed by atoms with Gasteiger partial charge in [-0.2, -0.15) is 0 Å². The van der Waals surface area contributed by atoms with Crippen LogP contribution < -0.4 is 11.1 Å². The van der Waals surface area contributed by atoms with Crippen molar-refractivity contribution in [2.24, 2.45) is 11.7 Å². The molecule has 0 aromatic rings. The van der Waals surface area contributed by atoms with Gasteiger partial charge in [0.05, 0.1) is 5.92 Å². The van der Waals surface area contributed by atoms with Gasteiger partial charge in [0.25, 0.3) is 0 Å². The number of carbonyl (C=O) groups is 2. The second-order valence-electron chi connectivity index (χ2n) is 6.17. The summed E-state index contributed by atoms with van der Waals surface area (Å²) in [5, 5.41) is 2.87. The van der Waals surface area contributed by atoms with Gasteiger partial charge in [0, 0.05) is 19.1 Å². The molecule has 2 aliphatic rings. The van der Waals surface area contributed by atoms with E-state index in [2.05, 4.69) is 5.32 Å². The smallest absolute Gasteiger partial charge is 0.244 e. The van der Waals surface area contributed by atoms with Gasteiger partial charge in [0.2, 0.25) is 11.8 Å². The first kappa shape index (κ1) is 15.3. The van der Waals surface area contributed by atoms with E-state index in [-0.39, 0.29) is 23.8 Å². The Balaban J connectivity index is 1.87. The summed E-state index contributed by atoms with van der Waals surface area (Å²) in [6.07, 6.45) is 7.21. The summed E-state index contributed by atoms with van der Waals surface area (Å²) in [7, 11) is 0. The van der Waals surface area contributed by atoms with Crippen LogP contribution in [0.2, 0.25) is 0 Å². The summed E-state index contributed by atoms with van der Waals surface area (Å²) in [6.45, 7) is 3.42. The maximum atomic E-state index is 12.3. The van der Waals surface area contributed by atoms with Crippen molar-refractivity contribution in [2.75, 3.05) is 13.1 Å². The first-order valence-corrected chi connectivity index (χ1v) is 7.94. The van der Waals surface area contributed by atoms with Crippen molar-refractivity contribution in [1.29, 1.82) is 0 Å². The Kier molecular flexibility index (Phi) is 5.40. The molecule has 3 unspecified atom stereocenters. The quantitative estimate of drug-likeness (QED) is 0.758. The molecule has 0 radical (unpaired) electrons. The normalized spacial score (nSPS) is 28.8. The monoisotopic (exact) mass is 281 g/mol. The highest BCUT2D eigenvalue weighted by Gasteiger charge is 2.30. The van der Waals surface area contributed by atoms with Gasteiger partial charge in [-0.1, -0.05) is 19.3 Å². The first-order valence-electron chi connectivity index (χ1n) is 7.94. The van der Waals surface area contributed by atoms with E-state index < -0.39 is 6.04 Å². The van der Waals surface area contributed by atoms with Crippen molar-refractivity contribution in [1.82, 2.24) is 10.2 Å². The molecule has 2 amide bonds. The van der Waals surface area contributed by atoms with Crippen LogP contribution in [0.1, 0.15) is 51.9 Å². The molecule has 5 nitrogen and oxygen atoms in total. The van der Waals surface area contributed by atoms with E-state index in [4.69, 9.17) is 5.73 Å². The van der Waals surface area contributed by atoms with Gasteiger partial charge in [0.1, 0.15) is 6.04 Å². The lowest BCUT2D eigenvalue weighted by molar-refractivity contribution is -0.136. The molecule has 1 aliphatic heterocycles.